The van der Waals surface area contributed by atoms with Crippen LogP contribution in [0.25, 0.3) is 21.5 Å². The van der Waals surface area contributed by atoms with Gasteiger partial charge < -0.3 is 14.8 Å². The van der Waals surface area contributed by atoms with Crippen LogP contribution in [0, 0.1) is 11.3 Å². The minimum atomic E-state index is -0.489. The summed E-state index contributed by atoms with van der Waals surface area (Å²) >= 11 is 2.63. The minimum Gasteiger partial charge on any atom is -0.497 e. The fraction of sp³-hybridized carbons (Fsp3) is 0.200. The number of amides is 1. The molecule has 0 radical (unpaired) electrons. The van der Waals surface area contributed by atoms with Gasteiger partial charge in [-0.2, -0.15) is 5.26 Å². The maximum Gasteiger partial charge on any atom is 0.239 e. The summed E-state index contributed by atoms with van der Waals surface area (Å²) in [6.45, 7) is 4.30. The molecule has 0 saturated carbocycles. The van der Waals surface area contributed by atoms with Crippen molar-refractivity contribution in [3.8, 4) is 28.8 Å². The van der Waals surface area contributed by atoms with Gasteiger partial charge in [0.05, 0.1) is 40.4 Å². The summed E-state index contributed by atoms with van der Waals surface area (Å²) in [6.07, 6.45) is 0. The van der Waals surface area contributed by atoms with E-state index in [1.165, 1.54) is 23.1 Å². The van der Waals surface area contributed by atoms with Crippen LogP contribution in [0.2, 0.25) is 0 Å². The highest BCUT2D eigenvalue weighted by Gasteiger charge is 2.20. The number of benzene rings is 2. The summed E-state index contributed by atoms with van der Waals surface area (Å²) < 4.78 is 11.7. The lowest BCUT2D eigenvalue weighted by molar-refractivity contribution is -0.115. The zero-order chi connectivity index (χ0) is 24.1. The number of carbonyl (C=O) groups excluding carboxylic acids is 1. The average molecular weight is 491 g/mol. The zero-order valence-corrected chi connectivity index (χ0v) is 20.5. The van der Waals surface area contributed by atoms with E-state index in [1.807, 2.05) is 49.4 Å². The van der Waals surface area contributed by atoms with Gasteiger partial charge in [-0.3, -0.25) is 4.79 Å². The van der Waals surface area contributed by atoms with Gasteiger partial charge in [0.2, 0.25) is 5.91 Å². The molecule has 0 bridgehead atoms. The Labute approximate surface area is 205 Å². The number of fused-ring (bicyclic) bond motifs is 1. The van der Waals surface area contributed by atoms with E-state index in [1.54, 1.807) is 26.2 Å². The zero-order valence-electron chi connectivity index (χ0n) is 18.9. The van der Waals surface area contributed by atoms with E-state index in [4.69, 9.17) is 9.47 Å². The van der Waals surface area contributed by atoms with Crippen molar-refractivity contribution in [2.24, 2.45) is 0 Å². The Balaban J connectivity index is 1.50. The second-order valence-corrected chi connectivity index (χ2v) is 9.58. The standard InChI is InChI=1S/C25H22N4O3S2/c1-4-32-19-10-12-21-22(13-19)34-25(28-21)29-23(30)15(2)33-24-17(14-26)7-11-20(27-24)16-5-8-18(31-3)9-6-16/h5-13,15H,4H2,1-3H3,(H,28,29,30). The Morgan fingerprint density at radius 3 is 2.62 bits per heavy atom. The van der Waals surface area contributed by atoms with Crippen LogP contribution in [0.3, 0.4) is 0 Å². The molecule has 1 amide bonds. The molecular formula is C25H22N4O3S2. The lowest BCUT2D eigenvalue weighted by Gasteiger charge is -2.12. The molecule has 2 aromatic heterocycles. The number of aromatic nitrogens is 2. The van der Waals surface area contributed by atoms with Crippen molar-refractivity contribution in [2.75, 3.05) is 19.0 Å². The Bertz CT molecular complexity index is 1360. The third kappa shape index (κ3) is 5.30. The maximum atomic E-state index is 12.9. The normalized spacial score (nSPS) is 11.6. The predicted molar refractivity (Wildman–Crippen MR) is 136 cm³/mol. The number of carbonyl (C=O) groups is 1. The summed E-state index contributed by atoms with van der Waals surface area (Å²) in [5.41, 5.74) is 2.83. The van der Waals surface area contributed by atoms with Crippen LogP contribution in [0.1, 0.15) is 19.4 Å². The van der Waals surface area contributed by atoms with Crippen LogP contribution in [0.5, 0.6) is 11.5 Å². The number of methoxy groups -OCH3 is 1. The first-order valence-corrected chi connectivity index (χ1v) is 12.3. The van der Waals surface area contributed by atoms with Gasteiger partial charge in [-0.1, -0.05) is 23.1 Å². The molecule has 34 heavy (non-hydrogen) atoms. The van der Waals surface area contributed by atoms with Gasteiger partial charge in [-0.25, -0.2) is 9.97 Å². The maximum absolute atomic E-state index is 12.9. The molecule has 2 heterocycles. The van der Waals surface area contributed by atoms with Crippen molar-refractivity contribution in [1.82, 2.24) is 9.97 Å². The highest BCUT2D eigenvalue weighted by atomic mass is 32.2. The van der Waals surface area contributed by atoms with Crippen LogP contribution >= 0.6 is 23.1 Å². The number of ether oxygens (including phenoxy) is 2. The van der Waals surface area contributed by atoms with Gasteiger partial charge in [0, 0.05) is 5.56 Å². The summed E-state index contributed by atoms with van der Waals surface area (Å²) in [6, 6.07) is 18.9. The fourth-order valence-corrected chi connectivity index (χ4v) is 4.97. The van der Waals surface area contributed by atoms with E-state index < -0.39 is 5.25 Å². The molecule has 1 atom stereocenters. The van der Waals surface area contributed by atoms with Gasteiger partial charge in [0.15, 0.2) is 5.13 Å². The molecule has 7 nitrogen and oxygen atoms in total. The summed E-state index contributed by atoms with van der Waals surface area (Å²) in [7, 11) is 1.61. The first kappa shape index (κ1) is 23.5. The van der Waals surface area contributed by atoms with E-state index in [0.29, 0.717) is 28.0 Å². The molecule has 4 rings (SSSR count). The van der Waals surface area contributed by atoms with Crippen molar-refractivity contribution in [3.63, 3.8) is 0 Å². The molecule has 0 aliphatic rings. The molecule has 0 spiro atoms. The molecule has 1 N–H and O–H groups in total. The first-order valence-electron chi connectivity index (χ1n) is 10.6. The van der Waals surface area contributed by atoms with Crippen molar-refractivity contribution in [3.05, 3.63) is 60.2 Å². The number of hydrogen-bond acceptors (Lipinski definition) is 8. The molecule has 2 aromatic carbocycles. The molecule has 0 aliphatic carbocycles. The van der Waals surface area contributed by atoms with Crippen molar-refractivity contribution < 1.29 is 14.3 Å². The van der Waals surface area contributed by atoms with Crippen LogP contribution in [-0.4, -0.2) is 34.8 Å². The van der Waals surface area contributed by atoms with E-state index in [9.17, 15) is 10.1 Å². The van der Waals surface area contributed by atoms with Gasteiger partial charge in [-0.05, 0) is 68.4 Å². The second-order valence-electron chi connectivity index (χ2n) is 7.22. The van der Waals surface area contributed by atoms with Crippen LogP contribution < -0.4 is 14.8 Å². The molecule has 1 unspecified atom stereocenters. The Kier molecular flexibility index (Phi) is 7.30. The SMILES string of the molecule is CCOc1ccc2nc(NC(=O)C(C)Sc3nc(-c4ccc(OC)cc4)ccc3C#N)sc2c1. The minimum absolute atomic E-state index is 0.213. The highest BCUT2D eigenvalue weighted by Crippen LogP contribution is 2.32. The molecule has 9 heteroatoms. The number of anilines is 1. The van der Waals surface area contributed by atoms with Crippen LogP contribution in [0.15, 0.2) is 59.6 Å². The summed E-state index contributed by atoms with van der Waals surface area (Å²) in [5, 5.41) is 12.9. The predicted octanol–water partition coefficient (Wildman–Crippen LogP) is 5.76. The number of thiazole rings is 1. The summed E-state index contributed by atoms with van der Waals surface area (Å²) in [4.78, 5) is 22.0. The van der Waals surface area contributed by atoms with E-state index in [-0.39, 0.29) is 5.91 Å². The number of nitriles is 1. The third-order valence-electron chi connectivity index (χ3n) is 4.93. The van der Waals surface area contributed by atoms with Crippen molar-refractivity contribution in [1.29, 1.82) is 5.26 Å². The van der Waals surface area contributed by atoms with Crippen LogP contribution in [-0.2, 0) is 4.79 Å². The number of pyridine rings is 1. The lowest BCUT2D eigenvalue weighted by Crippen LogP contribution is -2.22. The topological polar surface area (TPSA) is 97.1 Å². The number of hydrogen-bond donors (Lipinski definition) is 1. The smallest absolute Gasteiger partial charge is 0.239 e. The molecule has 0 fully saturated rings. The average Bonchev–Trinajstić information content (AvgIpc) is 3.25. The van der Waals surface area contributed by atoms with Gasteiger partial charge in [0.25, 0.3) is 0 Å². The molecular weight excluding hydrogens is 468 g/mol. The molecule has 172 valence electrons. The monoisotopic (exact) mass is 490 g/mol. The van der Waals surface area contributed by atoms with Gasteiger partial charge in [0.1, 0.15) is 22.6 Å². The van der Waals surface area contributed by atoms with Gasteiger partial charge >= 0.3 is 0 Å². The lowest BCUT2D eigenvalue weighted by atomic mass is 10.1. The number of nitrogens with one attached hydrogen (secondary N) is 1. The first-order chi connectivity index (χ1) is 16.5. The Morgan fingerprint density at radius 2 is 1.91 bits per heavy atom. The van der Waals surface area contributed by atoms with E-state index in [2.05, 4.69) is 21.4 Å². The third-order valence-corrected chi connectivity index (χ3v) is 6.96. The summed E-state index contributed by atoms with van der Waals surface area (Å²) in [5.74, 6) is 1.31. The second kappa shape index (κ2) is 10.5. The Hall–Kier alpha value is -3.61. The largest absolute Gasteiger partial charge is 0.497 e. The van der Waals surface area contributed by atoms with Crippen molar-refractivity contribution >= 4 is 44.4 Å². The number of nitrogens with zero attached hydrogens (tertiary/aromatic N) is 3. The highest BCUT2D eigenvalue weighted by molar-refractivity contribution is 8.00. The van der Waals surface area contributed by atoms with Gasteiger partial charge in [-0.15, -0.1) is 0 Å². The molecule has 0 saturated heterocycles. The van der Waals surface area contributed by atoms with E-state index in [0.717, 1.165) is 27.3 Å². The quantitative estimate of drug-likeness (QED) is 0.314. The Morgan fingerprint density at radius 1 is 1.15 bits per heavy atom. The fourth-order valence-electron chi connectivity index (χ4n) is 3.18. The van der Waals surface area contributed by atoms with E-state index >= 15 is 0 Å². The van der Waals surface area contributed by atoms with Crippen molar-refractivity contribution in [2.45, 2.75) is 24.1 Å². The number of thioether (sulfide) groups is 1. The van der Waals surface area contributed by atoms with Crippen LogP contribution in [0.4, 0.5) is 5.13 Å². The molecule has 4 aromatic rings. The molecule has 0 aliphatic heterocycles. The number of rotatable bonds is 8.